The fourth-order valence-electron chi connectivity index (χ4n) is 1.35. The fraction of sp³-hybridized carbons (Fsp3) is 0.0714. The van der Waals surface area contributed by atoms with Crippen LogP contribution in [0.15, 0.2) is 48.5 Å². The van der Waals surface area contributed by atoms with Gasteiger partial charge in [0.05, 0.1) is 12.7 Å². The summed E-state index contributed by atoms with van der Waals surface area (Å²) < 4.78 is 10.2. The molecular formula is C14H11O3. The van der Waals surface area contributed by atoms with Crippen LogP contribution in [0.25, 0.3) is 0 Å². The van der Waals surface area contributed by atoms with Crippen molar-refractivity contribution < 1.29 is 14.3 Å². The van der Waals surface area contributed by atoms with Gasteiger partial charge in [-0.25, -0.2) is 4.79 Å². The van der Waals surface area contributed by atoms with Crippen molar-refractivity contribution in [3.63, 3.8) is 0 Å². The van der Waals surface area contributed by atoms with E-state index < -0.39 is 0 Å². The summed E-state index contributed by atoms with van der Waals surface area (Å²) in [6, 6.07) is 16.6. The molecule has 0 spiro atoms. The molecule has 0 aliphatic rings. The zero-order chi connectivity index (χ0) is 12.1. The summed E-state index contributed by atoms with van der Waals surface area (Å²) in [5.41, 5.74) is 0.513. The van der Waals surface area contributed by atoms with Gasteiger partial charge in [-0.15, -0.1) is 0 Å². The highest BCUT2D eigenvalue weighted by atomic mass is 16.5. The second-order valence-corrected chi connectivity index (χ2v) is 3.35. The van der Waals surface area contributed by atoms with Crippen molar-refractivity contribution in [3.05, 3.63) is 60.2 Å². The molecule has 0 aromatic heterocycles. The number of esters is 1. The van der Waals surface area contributed by atoms with Crippen LogP contribution in [0.1, 0.15) is 10.4 Å². The molecule has 17 heavy (non-hydrogen) atoms. The van der Waals surface area contributed by atoms with Gasteiger partial charge in [0.1, 0.15) is 11.5 Å². The number of carbonyl (C=O) groups is 1. The highest BCUT2D eigenvalue weighted by Crippen LogP contribution is 2.19. The summed E-state index contributed by atoms with van der Waals surface area (Å²) in [4.78, 5) is 11.7. The average molecular weight is 227 g/mol. The quantitative estimate of drug-likeness (QED) is 0.597. The van der Waals surface area contributed by atoms with Crippen molar-refractivity contribution in [1.29, 1.82) is 0 Å². The molecule has 0 aliphatic carbocycles. The minimum Gasteiger partial charge on any atom is -0.496 e. The minimum atomic E-state index is -0.390. The minimum absolute atomic E-state index is 0.390. The SMILES string of the molecule is COc1[c]ccc(OC(=O)c2ccccc2)c1. The van der Waals surface area contributed by atoms with Gasteiger partial charge in [-0.1, -0.05) is 18.2 Å². The Hall–Kier alpha value is -2.29. The third kappa shape index (κ3) is 2.84. The molecule has 0 aliphatic heterocycles. The number of hydrogen-bond acceptors (Lipinski definition) is 3. The van der Waals surface area contributed by atoms with Crippen molar-refractivity contribution >= 4 is 5.97 Å². The average Bonchev–Trinajstić information content (AvgIpc) is 2.40. The Balaban J connectivity index is 2.13. The Labute approximate surface area is 99.6 Å². The molecule has 0 saturated carbocycles. The van der Waals surface area contributed by atoms with E-state index in [0.29, 0.717) is 17.1 Å². The molecule has 85 valence electrons. The monoisotopic (exact) mass is 227 g/mol. The predicted octanol–water partition coefficient (Wildman–Crippen LogP) is 2.71. The fourth-order valence-corrected chi connectivity index (χ4v) is 1.35. The number of ether oxygens (including phenoxy) is 2. The normalized spacial score (nSPS) is 9.71. The van der Waals surface area contributed by atoms with Gasteiger partial charge in [-0.3, -0.25) is 0 Å². The lowest BCUT2D eigenvalue weighted by atomic mass is 10.2. The van der Waals surface area contributed by atoms with Crippen LogP contribution in [0.5, 0.6) is 11.5 Å². The van der Waals surface area contributed by atoms with Gasteiger partial charge < -0.3 is 9.47 Å². The van der Waals surface area contributed by atoms with Crippen LogP contribution < -0.4 is 9.47 Å². The summed E-state index contributed by atoms with van der Waals surface area (Å²) in [5.74, 6) is 0.580. The first-order valence-corrected chi connectivity index (χ1v) is 5.12. The van der Waals surface area contributed by atoms with E-state index in [9.17, 15) is 4.79 Å². The second-order valence-electron chi connectivity index (χ2n) is 3.35. The first-order valence-electron chi connectivity index (χ1n) is 5.12. The lowest BCUT2D eigenvalue weighted by Crippen LogP contribution is -2.08. The van der Waals surface area contributed by atoms with Crippen molar-refractivity contribution in [2.75, 3.05) is 7.11 Å². The maximum atomic E-state index is 11.7. The van der Waals surface area contributed by atoms with Crippen LogP contribution in [-0.4, -0.2) is 13.1 Å². The standard InChI is InChI=1S/C14H11O3/c1-16-12-8-5-9-13(10-12)17-14(15)11-6-3-2-4-7-11/h2-7,9-10H,1H3. The highest BCUT2D eigenvalue weighted by Gasteiger charge is 2.07. The van der Waals surface area contributed by atoms with Gasteiger partial charge in [-0.05, 0) is 24.3 Å². The van der Waals surface area contributed by atoms with Crippen LogP contribution in [0.3, 0.4) is 0 Å². The topological polar surface area (TPSA) is 35.5 Å². The molecule has 0 saturated heterocycles. The Morgan fingerprint density at radius 3 is 2.65 bits per heavy atom. The van der Waals surface area contributed by atoms with Crippen molar-refractivity contribution in [2.45, 2.75) is 0 Å². The lowest BCUT2D eigenvalue weighted by molar-refractivity contribution is 0.0734. The molecule has 0 atom stereocenters. The van der Waals surface area contributed by atoms with Crippen molar-refractivity contribution in [2.24, 2.45) is 0 Å². The van der Waals surface area contributed by atoms with Gasteiger partial charge in [0.25, 0.3) is 0 Å². The van der Waals surface area contributed by atoms with Gasteiger partial charge in [0.2, 0.25) is 0 Å². The largest absolute Gasteiger partial charge is 0.496 e. The first kappa shape index (κ1) is 11.2. The molecule has 2 rings (SSSR count). The first-order chi connectivity index (χ1) is 8.29. The maximum Gasteiger partial charge on any atom is 0.343 e. The summed E-state index contributed by atoms with van der Waals surface area (Å²) in [7, 11) is 1.54. The zero-order valence-corrected chi connectivity index (χ0v) is 9.34. The van der Waals surface area contributed by atoms with Gasteiger partial charge in [-0.2, -0.15) is 0 Å². The van der Waals surface area contributed by atoms with Crippen LogP contribution in [-0.2, 0) is 0 Å². The third-order valence-corrected chi connectivity index (χ3v) is 2.19. The molecule has 0 heterocycles. The third-order valence-electron chi connectivity index (χ3n) is 2.19. The molecule has 0 bridgehead atoms. The molecule has 0 fully saturated rings. The molecule has 0 N–H and O–H groups in total. The number of benzene rings is 2. The number of rotatable bonds is 3. The van der Waals surface area contributed by atoms with E-state index >= 15 is 0 Å². The van der Waals surface area contributed by atoms with E-state index in [0.717, 1.165) is 0 Å². The Bertz CT molecular complexity index is 506. The van der Waals surface area contributed by atoms with Gasteiger partial charge in [0.15, 0.2) is 0 Å². The predicted molar refractivity (Wildman–Crippen MR) is 63.2 cm³/mol. The van der Waals surface area contributed by atoms with E-state index in [-0.39, 0.29) is 5.97 Å². The summed E-state index contributed by atoms with van der Waals surface area (Å²) in [5, 5.41) is 0. The second kappa shape index (κ2) is 5.16. The smallest absolute Gasteiger partial charge is 0.343 e. The summed E-state index contributed by atoms with van der Waals surface area (Å²) in [6.45, 7) is 0. The summed E-state index contributed by atoms with van der Waals surface area (Å²) >= 11 is 0. The molecule has 1 radical (unpaired) electrons. The molecule has 3 nitrogen and oxygen atoms in total. The summed E-state index contributed by atoms with van der Waals surface area (Å²) in [6.07, 6.45) is 0. The molecule has 2 aromatic rings. The number of carbonyl (C=O) groups excluding carboxylic acids is 1. The van der Waals surface area contributed by atoms with Crippen LogP contribution in [0, 0.1) is 6.07 Å². The Morgan fingerprint density at radius 1 is 1.18 bits per heavy atom. The van der Waals surface area contributed by atoms with Crippen LogP contribution >= 0.6 is 0 Å². The molecular weight excluding hydrogens is 216 g/mol. The van der Waals surface area contributed by atoms with E-state index in [1.165, 1.54) is 7.11 Å². The van der Waals surface area contributed by atoms with Crippen LogP contribution in [0.2, 0.25) is 0 Å². The van der Waals surface area contributed by atoms with E-state index in [1.807, 2.05) is 6.07 Å². The maximum absolute atomic E-state index is 11.7. The van der Waals surface area contributed by atoms with E-state index in [4.69, 9.17) is 9.47 Å². The van der Waals surface area contributed by atoms with Crippen molar-refractivity contribution in [3.8, 4) is 11.5 Å². The van der Waals surface area contributed by atoms with E-state index in [1.54, 1.807) is 42.5 Å². The Kier molecular flexibility index (Phi) is 3.40. The Morgan fingerprint density at radius 2 is 1.94 bits per heavy atom. The molecule has 2 aromatic carbocycles. The van der Waals surface area contributed by atoms with Crippen molar-refractivity contribution in [1.82, 2.24) is 0 Å². The van der Waals surface area contributed by atoms with E-state index in [2.05, 4.69) is 6.07 Å². The highest BCUT2D eigenvalue weighted by molar-refractivity contribution is 5.90. The lowest BCUT2D eigenvalue weighted by Gasteiger charge is -2.05. The van der Waals surface area contributed by atoms with Gasteiger partial charge in [0, 0.05) is 12.1 Å². The van der Waals surface area contributed by atoms with Crippen LogP contribution in [0.4, 0.5) is 0 Å². The molecule has 0 unspecified atom stereocenters. The van der Waals surface area contributed by atoms with Gasteiger partial charge >= 0.3 is 5.97 Å². The molecule has 0 amide bonds. The molecule has 3 heteroatoms. The zero-order valence-electron chi connectivity index (χ0n) is 9.34. The number of methoxy groups -OCH3 is 1. The number of hydrogen-bond donors (Lipinski definition) is 0.